The zero-order valence-electron chi connectivity index (χ0n) is 12.6. The molecule has 0 aliphatic carbocycles. The van der Waals surface area contributed by atoms with E-state index < -0.39 is 18.9 Å². The number of nitrogens with two attached hydrogens (primary N) is 2. The Bertz CT molecular complexity index is 426. The maximum atomic E-state index is 12.1. The third-order valence-electron chi connectivity index (χ3n) is 4.13. The number of amides is 2. The van der Waals surface area contributed by atoms with Crippen molar-refractivity contribution in [3.05, 3.63) is 12.7 Å². The van der Waals surface area contributed by atoms with E-state index in [1.807, 2.05) is 23.8 Å². The number of carbonyl (C=O) groups is 2. The molecule has 0 saturated carbocycles. The van der Waals surface area contributed by atoms with Crippen molar-refractivity contribution in [1.82, 2.24) is 19.6 Å². The van der Waals surface area contributed by atoms with Crippen LogP contribution in [0.15, 0.2) is 12.7 Å². The number of hydrogen-bond donors (Lipinski definition) is 2. The van der Waals surface area contributed by atoms with Crippen molar-refractivity contribution >= 4 is 11.8 Å². The molecule has 0 spiro atoms. The standard InChI is InChI=1S/C13H24N6O2/c1-4-8-18-12(15)16(3)11(14)17(5-2)13(18)19-9(20)6-7-10(19)21/h4,11-13H,1,5-8,14-15H2,2-3H3. The van der Waals surface area contributed by atoms with E-state index in [0.717, 1.165) is 0 Å². The van der Waals surface area contributed by atoms with Crippen LogP contribution < -0.4 is 11.5 Å². The van der Waals surface area contributed by atoms with Gasteiger partial charge in [0.05, 0.1) is 0 Å². The SMILES string of the molecule is C=CCN1C(N)N(C)C(N)N(CC)C1N1C(=O)CCC1=O. The monoisotopic (exact) mass is 296 g/mol. The predicted molar refractivity (Wildman–Crippen MR) is 77.9 cm³/mol. The number of likely N-dealkylation sites (tertiary alicyclic amines) is 1. The highest BCUT2D eigenvalue weighted by Gasteiger charge is 2.48. The molecule has 2 aliphatic heterocycles. The van der Waals surface area contributed by atoms with Crippen LogP contribution in [0, 0.1) is 0 Å². The van der Waals surface area contributed by atoms with Gasteiger partial charge in [-0.1, -0.05) is 13.0 Å². The molecule has 0 bridgehead atoms. The first-order valence-corrected chi connectivity index (χ1v) is 7.14. The minimum absolute atomic E-state index is 0.179. The molecule has 8 nitrogen and oxygen atoms in total. The van der Waals surface area contributed by atoms with Crippen LogP contribution in [-0.4, -0.2) is 70.4 Å². The first-order valence-electron chi connectivity index (χ1n) is 7.14. The average Bonchev–Trinajstić information content (AvgIpc) is 2.79. The molecule has 3 atom stereocenters. The number of nitrogens with zero attached hydrogens (tertiary/aromatic N) is 4. The highest BCUT2D eigenvalue weighted by atomic mass is 16.2. The van der Waals surface area contributed by atoms with Crippen LogP contribution in [0.25, 0.3) is 0 Å². The summed E-state index contributed by atoms with van der Waals surface area (Å²) < 4.78 is 0. The van der Waals surface area contributed by atoms with E-state index in [2.05, 4.69) is 6.58 Å². The van der Waals surface area contributed by atoms with E-state index >= 15 is 0 Å². The fraction of sp³-hybridized carbons (Fsp3) is 0.692. The fourth-order valence-electron chi connectivity index (χ4n) is 2.94. The molecule has 4 N–H and O–H groups in total. The lowest BCUT2D eigenvalue weighted by molar-refractivity contribution is -0.206. The number of hydrogen-bond acceptors (Lipinski definition) is 7. The van der Waals surface area contributed by atoms with E-state index in [1.165, 1.54) is 4.90 Å². The smallest absolute Gasteiger partial charge is 0.232 e. The molecular weight excluding hydrogens is 272 g/mol. The van der Waals surface area contributed by atoms with Crippen molar-refractivity contribution in [2.45, 2.75) is 38.6 Å². The van der Waals surface area contributed by atoms with Gasteiger partial charge in [-0.15, -0.1) is 6.58 Å². The van der Waals surface area contributed by atoms with Crippen molar-refractivity contribution in [3.63, 3.8) is 0 Å². The molecule has 0 aromatic rings. The Morgan fingerprint density at radius 2 is 1.71 bits per heavy atom. The second-order valence-corrected chi connectivity index (χ2v) is 5.31. The second-order valence-electron chi connectivity index (χ2n) is 5.31. The average molecular weight is 296 g/mol. The molecule has 0 aromatic carbocycles. The summed E-state index contributed by atoms with van der Waals surface area (Å²) in [5.74, 6) is -0.358. The van der Waals surface area contributed by atoms with Crippen molar-refractivity contribution < 1.29 is 9.59 Å². The Morgan fingerprint density at radius 1 is 1.19 bits per heavy atom. The predicted octanol–water partition coefficient (Wildman–Crippen LogP) is -1.34. The molecule has 3 unspecified atom stereocenters. The Kier molecular flexibility index (Phi) is 4.74. The van der Waals surface area contributed by atoms with Crippen molar-refractivity contribution in [1.29, 1.82) is 0 Å². The summed E-state index contributed by atoms with van der Waals surface area (Å²) in [5, 5.41) is 0. The minimum atomic E-state index is -0.559. The van der Waals surface area contributed by atoms with E-state index in [1.54, 1.807) is 11.0 Å². The largest absolute Gasteiger partial charge is 0.303 e. The molecular formula is C13H24N6O2. The Morgan fingerprint density at radius 3 is 2.19 bits per heavy atom. The third kappa shape index (κ3) is 2.60. The molecule has 2 aliphatic rings. The highest BCUT2D eigenvalue weighted by molar-refractivity contribution is 6.02. The summed E-state index contributed by atoms with van der Waals surface area (Å²) in [6, 6.07) is 0. The van der Waals surface area contributed by atoms with Gasteiger partial charge in [-0.3, -0.25) is 19.4 Å². The van der Waals surface area contributed by atoms with Crippen molar-refractivity contribution in [2.75, 3.05) is 20.1 Å². The summed E-state index contributed by atoms with van der Waals surface area (Å²) in [4.78, 5) is 31.1. The molecule has 2 heterocycles. The van der Waals surface area contributed by atoms with Gasteiger partial charge in [0.25, 0.3) is 0 Å². The van der Waals surface area contributed by atoms with Crippen LogP contribution in [0.4, 0.5) is 0 Å². The van der Waals surface area contributed by atoms with Gasteiger partial charge in [-0.25, -0.2) is 9.80 Å². The Labute approximate surface area is 124 Å². The molecule has 118 valence electrons. The van der Waals surface area contributed by atoms with Crippen molar-refractivity contribution in [3.8, 4) is 0 Å². The quantitative estimate of drug-likeness (QED) is 0.489. The lowest BCUT2D eigenvalue weighted by Crippen LogP contribution is -2.78. The lowest BCUT2D eigenvalue weighted by atomic mass is 10.3. The van der Waals surface area contributed by atoms with E-state index in [-0.39, 0.29) is 24.7 Å². The highest BCUT2D eigenvalue weighted by Crippen LogP contribution is 2.27. The molecule has 21 heavy (non-hydrogen) atoms. The van der Waals surface area contributed by atoms with Crippen LogP contribution >= 0.6 is 0 Å². The van der Waals surface area contributed by atoms with Gasteiger partial charge in [-0.05, 0) is 7.05 Å². The summed E-state index contributed by atoms with van der Waals surface area (Å²) >= 11 is 0. The molecule has 2 fully saturated rings. The summed E-state index contributed by atoms with van der Waals surface area (Å²) in [6.45, 7) is 6.71. The van der Waals surface area contributed by atoms with Gasteiger partial charge in [0.2, 0.25) is 11.8 Å². The molecule has 2 rings (SSSR count). The molecule has 0 aromatic heterocycles. The fourth-order valence-corrected chi connectivity index (χ4v) is 2.94. The molecule has 0 radical (unpaired) electrons. The zero-order chi connectivity index (χ0) is 15.7. The van der Waals surface area contributed by atoms with Gasteiger partial charge in [-0.2, -0.15) is 0 Å². The maximum absolute atomic E-state index is 12.1. The number of imide groups is 1. The van der Waals surface area contributed by atoms with Crippen LogP contribution in [0.5, 0.6) is 0 Å². The maximum Gasteiger partial charge on any atom is 0.232 e. The van der Waals surface area contributed by atoms with Gasteiger partial charge in [0.1, 0.15) is 12.6 Å². The van der Waals surface area contributed by atoms with Crippen LogP contribution in [0.2, 0.25) is 0 Å². The van der Waals surface area contributed by atoms with Crippen molar-refractivity contribution in [2.24, 2.45) is 11.5 Å². The third-order valence-corrected chi connectivity index (χ3v) is 4.13. The van der Waals surface area contributed by atoms with Gasteiger partial charge in [0, 0.05) is 25.9 Å². The first kappa shape index (κ1) is 16.1. The first-order chi connectivity index (χ1) is 9.93. The molecule has 8 heteroatoms. The van der Waals surface area contributed by atoms with E-state index in [0.29, 0.717) is 13.1 Å². The Balaban J connectivity index is 2.41. The normalized spacial score (nSPS) is 33.0. The zero-order valence-corrected chi connectivity index (χ0v) is 12.6. The van der Waals surface area contributed by atoms with Gasteiger partial charge >= 0.3 is 0 Å². The molecule has 2 amide bonds. The molecule has 2 saturated heterocycles. The van der Waals surface area contributed by atoms with Gasteiger partial charge in [0.15, 0.2) is 6.29 Å². The topological polar surface area (TPSA) is 99.1 Å². The Hall–Kier alpha value is -1.32. The summed E-state index contributed by atoms with van der Waals surface area (Å²) in [5.41, 5.74) is 12.4. The minimum Gasteiger partial charge on any atom is -0.303 e. The summed E-state index contributed by atoms with van der Waals surface area (Å²) in [7, 11) is 1.82. The van der Waals surface area contributed by atoms with E-state index in [9.17, 15) is 9.59 Å². The van der Waals surface area contributed by atoms with Crippen LogP contribution in [0.1, 0.15) is 19.8 Å². The van der Waals surface area contributed by atoms with Crippen LogP contribution in [-0.2, 0) is 9.59 Å². The van der Waals surface area contributed by atoms with E-state index in [4.69, 9.17) is 11.5 Å². The van der Waals surface area contributed by atoms with Crippen LogP contribution in [0.3, 0.4) is 0 Å². The number of rotatable bonds is 4. The summed E-state index contributed by atoms with van der Waals surface area (Å²) in [6.07, 6.45) is 0.682. The lowest BCUT2D eigenvalue weighted by Gasteiger charge is -2.55. The number of carbonyl (C=O) groups excluding carboxylic acids is 2. The second kappa shape index (κ2) is 6.20. The van der Waals surface area contributed by atoms with Gasteiger partial charge < -0.3 is 11.5 Å².